The lowest BCUT2D eigenvalue weighted by Gasteiger charge is -2.37. The highest BCUT2D eigenvalue weighted by molar-refractivity contribution is 14.0. The molecule has 0 aliphatic carbocycles. The molecule has 0 spiro atoms. The van der Waals surface area contributed by atoms with Crippen molar-refractivity contribution in [1.82, 2.24) is 15.1 Å². The van der Waals surface area contributed by atoms with Gasteiger partial charge in [-0.25, -0.2) is 0 Å². The van der Waals surface area contributed by atoms with Crippen LogP contribution in [0.3, 0.4) is 0 Å². The molecule has 3 atom stereocenters. The zero-order valence-corrected chi connectivity index (χ0v) is 17.2. The van der Waals surface area contributed by atoms with Crippen LogP contribution in [0, 0.1) is 17.8 Å². The number of halogens is 1. The van der Waals surface area contributed by atoms with Gasteiger partial charge in [-0.3, -0.25) is 4.99 Å². The Bertz CT molecular complexity index is 338. The summed E-state index contributed by atoms with van der Waals surface area (Å²) >= 11 is 0. The zero-order chi connectivity index (χ0) is 15.2. The van der Waals surface area contributed by atoms with Gasteiger partial charge in [0.25, 0.3) is 0 Å². The molecule has 0 aromatic carbocycles. The van der Waals surface area contributed by atoms with Crippen molar-refractivity contribution in [2.24, 2.45) is 22.7 Å². The molecule has 3 unspecified atom stereocenters. The van der Waals surface area contributed by atoms with Gasteiger partial charge in [-0.1, -0.05) is 20.8 Å². The van der Waals surface area contributed by atoms with Gasteiger partial charge in [0.05, 0.1) is 0 Å². The summed E-state index contributed by atoms with van der Waals surface area (Å²) in [5.41, 5.74) is 0. The third kappa shape index (κ3) is 5.87. The normalized spacial score (nSPS) is 30.3. The summed E-state index contributed by atoms with van der Waals surface area (Å²) in [6, 6.07) is 0. The van der Waals surface area contributed by atoms with Crippen molar-refractivity contribution < 1.29 is 0 Å². The molecule has 2 fully saturated rings. The van der Waals surface area contributed by atoms with E-state index in [-0.39, 0.29) is 24.0 Å². The lowest BCUT2D eigenvalue weighted by atomic mass is 9.92. The lowest BCUT2D eigenvalue weighted by Crippen LogP contribution is -2.48. The molecule has 4 nitrogen and oxygen atoms in total. The van der Waals surface area contributed by atoms with Crippen LogP contribution >= 0.6 is 24.0 Å². The average molecular weight is 422 g/mol. The van der Waals surface area contributed by atoms with Gasteiger partial charge in [0.15, 0.2) is 5.96 Å². The summed E-state index contributed by atoms with van der Waals surface area (Å²) in [4.78, 5) is 9.98. The molecular formula is C17H35IN4. The fourth-order valence-corrected chi connectivity index (χ4v) is 3.83. The van der Waals surface area contributed by atoms with Crippen LogP contribution in [0.15, 0.2) is 4.99 Å². The van der Waals surface area contributed by atoms with E-state index < -0.39 is 0 Å². The largest absolute Gasteiger partial charge is 0.357 e. The monoisotopic (exact) mass is 422 g/mol. The van der Waals surface area contributed by atoms with E-state index in [4.69, 9.17) is 4.99 Å². The van der Waals surface area contributed by atoms with Gasteiger partial charge in [-0.15, -0.1) is 24.0 Å². The van der Waals surface area contributed by atoms with Crippen LogP contribution in [0.1, 0.15) is 40.5 Å². The summed E-state index contributed by atoms with van der Waals surface area (Å²) < 4.78 is 0. The summed E-state index contributed by atoms with van der Waals surface area (Å²) in [5, 5.41) is 3.50. The number of guanidine groups is 1. The fourth-order valence-electron chi connectivity index (χ4n) is 3.83. The second-order valence-corrected chi connectivity index (χ2v) is 7.09. The minimum Gasteiger partial charge on any atom is -0.357 e. The smallest absolute Gasteiger partial charge is 0.193 e. The van der Waals surface area contributed by atoms with E-state index in [9.17, 15) is 0 Å². The second kappa shape index (κ2) is 9.96. The zero-order valence-electron chi connectivity index (χ0n) is 14.8. The number of aliphatic imine (C=N–C) groups is 1. The minimum absolute atomic E-state index is 0. The number of nitrogens with zero attached hydrogens (tertiary/aromatic N) is 3. The van der Waals surface area contributed by atoms with E-state index in [1.54, 1.807) is 0 Å². The molecule has 0 saturated carbocycles. The number of nitrogens with one attached hydrogen (secondary N) is 1. The number of hydrogen-bond donors (Lipinski definition) is 1. The Kier molecular flexibility index (Phi) is 9.05. The highest BCUT2D eigenvalue weighted by Gasteiger charge is 2.25. The average Bonchev–Trinajstić information content (AvgIpc) is 2.90. The predicted molar refractivity (Wildman–Crippen MR) is 106 cm³/mol. The van der Waals surface area contributed by atoms with Crippen LogP contribution in [0.2, 0.25) is 0 Å². The number of likely N-dealkylation sites (tertiary alicyclic amines) is 2. The lowest BCUT2D eigenvalue weighted by molar-refractivity contribution is 0.208. The highest BCUT2D eigenvalue weighted by atomic mass is 127. The van der Waals surface area contributed by atoms with Crippen LogP contribution in [-0.2, 0) is 0 Å². The molecule has 0 aromatic rings. The quantitative estimate of drug-likeness (QED) is 0.430. The Balaban J connectivity index is 0.00000242. The molecule has 0 aromatic heterocycles. The second-order valence-electron chi connectivity index (χ2n) is 7.09. The van der Waals surface area contributed by atoms with Crippen LogP contribution in [0.25, 0.3) is 0 Å². The third-order valence-corrected chi connectivity index (χ3v) is 4.82. The first-order valence-corrected chi connectivity index (χ1v) is 8.87. The molecule has 130 valence electrons. The van der Waals surface area contributed by atoms with Crippen molar-refractivity contribution in [3.8, 4) is 0 Å². The van der Waals surface area contributed by atoms with Gasteiger partial charge in [-0.2, -0.15) is 0 Å². The van der Waals surface area contributed by atoms with Crippen molar-refractivity contribution in [3.63, 3.8) is 0 Å². The van der Waals surface area contributed by atoms with E-state index >= 15 is 0 Å². The molecule has 0 bridgehead atoms. The maximum Gasteiger partial charge on any atom is 0.193 e. The molecule has 2 saturated heterocycles. The minimum atomic E-state index is 0. The van der Waals surface area contributed by atoms with Crippen molar-refractivity contribution >= 4 is 29.9 Å². The van der Waals surface area contributed by atoms with E-state index in [2.05, 4.69) is 42.8 Å². The van der Waals surface area contributed by atoms with Gasteiger partial charge < -0.3 is 15.1 Å². The number of hydrogen-bond acceptors (Lipinski definition) is 2. The summed E-state index contributed by atoms with van der Waals surface area (Å²) in [7, 11) is 0. The van der Waals surface area contributed by atoms with E-state index in [0.29, 0.717) is 0 Å². The van der Waals surface area contributed by atoms with E-state index in [1.165, 1.54) is 32.5 Å². The Labute approximate surface area is 154 Å². The first kappa shape index (κ1) is 20.0. The molecule has 0 radical (unpaired) electrons. The van der Waals surface area contributed by atoms with Gasteiger partial charge in [-0.05, 0) is 50.6 Å². The standard InChI is InChI=1S/C17H34N4.HI/c1-5-18-17(21-11-14(3)9-15(4)12-21)19-10-16-7-8-20(6-2)13-16;/h14-16H,5-13H2,1-4H3,(H,18,19);1H. The Morgan fingerprint density at radius 2 is 1.82 bits per heavy atom. The third-order valence-electron chi connectivity index (χ3n) is 4.82. The predicted octanol–water partition coefficient (Wildman–Crippen LogP) is 2.89. The molecule has 0 amide bonds. The topological polar surface area (TPSA) is 30.9 Å². The summed E-state index contributed by atoms with van der Waals surface area (Å²) in [6.45, 7) is 17.1. The molecule has 2 heterocycles. The van der Waals surface area contributed by atoms with Gasteiger partial charge in [0.2, 0.25) is 0 Å². The van der Waals surface area contributed by atoms with Gasteiger partial charge in [0, 0.05) is 32.7 Å². The first-order valence-electron chi connectivity index (χ1n) is 8.87. The van der Waals surface area contributed by atoms with Crippen molar-refractivity contribution in [2.75, 3.05) is 45.8 Å². The van der Waals surface area contributed by atoms with E-state index in [0.717, 1.165) is 49.9 Å². The molecular weight excluding hydrogens is 387 g/mol. The van der Waals surface area contributed by atoms with Crippen molar-refractivity contribution in [1.29, 1.82) is 0 Å². The molecule has 22 heavy (non-hydrogen) atoms. The highest BCUT2D eigenvalue weighted by Crippen LogP contribution is 2.21. The van der Waals surface area contributed by atoms with Crippen LogP contribution < -0.4 is 5.32 Å². The Hall–Kier alpha value is -0.0400. The SMILES string of the molecule is CCNC(=NCC1CCN(CC)C1)N1CC(C)CC(C)C1.I. The Morgan fingerprint density at radius 1 is 1.14 bits per heavy atom. The maximum atomic E-state index is 4.96. The first-order chi connectivity index (χ1) is 10.1. The Morgan fingerprint density at radius 3 is 2.36 bits per heavy atom. The molecule has 2 aliphatic heterocycles. The van der Waals surface area contributed by atoms with Crippen molar-refractivity contribution in [2.45, 2.75) is 40.5 Å². The van der Waals surface area contributed by atoms with Crippen molar-refractivity contribution in [3.05, 3.63) is 0 Å². The number of piperidine rings is 1. The van der Waals surface area contributed by atoms with Crippen LogP contribution in [0.5, 0.6) is 0 Å². The molecule has 5 heteroatoms. The molecule has 2 aliphatic rings. The van der Waals surface area contributed by atoms with Crippen LogP contribution in [-0.4, -0.2) is 61.6 Å². The van der Waals surface area contributed by atoms with E-state index in [1.807, 2.05) is 0 Å². The summed E-state index contributed by atoms with van der Waals surface area (Å²) in [5.74, 6) is 3.45. The molecule has 2 rings (SSSR count). The van der Waals surface area contributed by atoms with Crippen LogP contribution in [0.4, 0.5) is 0 Å². The summed E-state index contributed by atoms with van der Waals surface area (Å²) in [6.07, 6.45) is 2.66. The number of rotatable bonds is 4. The van der Waals surface area contributed by atoms with Gasteiger partial charge >= 0.3 is 0 Å². The molecule has 1 N–H and O–H groups in total. The maximum absolute atomic E-state index is 4.96. The van der Waals surface area contributed by atoms with Gasteiger partial charge in [0.1, 0.15) is 0 Å². The fraction of sp³-hybridized carbons (Fsp3) is 0.941.